The number of nitrogens with one attached hydrogen (secondary N) is 2. The van der Waals surface area contributed by atoms with E-state index in [1.165, 1.54) is 4.68 Å². The zero-order valence-corrected chi connectivity index (χ0v) is 17.2. The highest BCUT2D eigenvalue weighted by Gasteiger charge is 2.15. The molecule has 0 atom stereocenters. The topological polar surface area (TPSA) is 71.3 Å². The molecule has 0 unspecified atom stereocenters. The standard InChI is InChI=1S/C22H17F2N5OS/c1-14-7-10-20(31-14)19-13-29(25-12-15-5-3-2-4-6-15)21(26-19)28-22(30)27-18-9-8-16(23)11-17(18)24/h2-13H,1H3,(H2,26,27,28,30)/b25-12+. The van der Waals surface area contributed by atoms with Crippen molar-refractivity contribution in [1.29, 1.82) is 0 Å². The Morgan fingerprint density at radius 3 is 2.61 bits per heavy atom. The van der Waals surface area contributed by atoms with E-state index in [4.69, 9.17) is 0 Å². The van der Waals surface area contributed by atoms with Gasteiger partial charge in [0.05, 0.1) is 23.0 Å². The number of hydrogen-bond donors (Lipinski definition) is 2. The van der Waals surface area contributed by atoms with Gasteiger partial charge in [0.25, 0.3) is 0 Å². The smallest absolute Gasteiger partial charge is 0.305 e. The highest BCUT2D eigenvalue weighted by molar-refractivity contribution is 7.15. The molecule has 2 N–H and O–H groups in total. The molecule has 0 radical (unpaired) electrons. The van der Waals surface area contributed by atoms with E-state index in [2.05, 4.69) is 20.7 Å². The van der Waals surface area contributed by atoms with Crippen molar-refractivity contribution in [2.45, 2.75) is 6.92 Å². The second-order valence-corrected chi connectivity index (χ2v) is 7.85. The van der Waals surface area contributed by atoms with Crippen LogP contribution in [0.1, 0.15) is 10.4 Å². The lowest BCUT2D eigenvalue weighted by Gasteiger charge is -2.08. The lowest BCUT2D eigenvalue weighted by atomic mass is 10.2. The van der Waals surface area contributed by atoms with Gasteiger partial charge in [-0.2, -0.15) is 5.10 Å². The van der Waals surface area contributed by atoms with Crippen LogP contribution in [-0.4, -0.2) is 21.9 Å². The summed E-state index contributed by atoms with van der Waals surface area (Å²) in [4.78, 5) is 18.9. The molecule has 0 fully saturated rings. The molecule has 0 aliphatic heterocycles. The number of amides is 2. The predicted octanol–water partition coefficient (Wildman–Crippen LogP) is 5.72. The van der Waals surface area contributed by atoms with Crippen LogP contribution in [0, 0.1) is 18.6 Å². The van der Waals surface area contributed by atoms with Gasteiger partial charge >= 0.3 is 6.03 Å². The average Bonchev–Trinajstić information content (AvgIpc) is 3.35. The molecule has 9 heteroatoms. The van der Waals surface area contributed by atoms with Crippen LogP contribution in [0.3, 0.4) is 0 Å². The number of thiophene rings is 1. The zero-order valence-electron chi connectivity index (χ0n) is 16.3. The number of aryl methyl sites for hydroxylation is 1. The minimum atomic E-state index is -0.879. The molecular formula is C22H17F2N5OS. The maximum absolute atomic E-state index is 13.8. The second-order valence-electron chi connectivity index (χ2n) is 6.56. The molecule has 0 spiro atoms. The average molecular weight is 437 g/mol. The fraction of sp³-hybridized carbons (Fsp3) is 0.0455. The Kier molecular flexibility index (Phi) is 5.85. The van der Waals surface area contributed by atoms with E-state index in [-0.39, 0.29) is 11.6 Å². The van der Waals surface area contributed by atoms with Crippen molar-refractivity contribution in [3.63, 3.8) is 0 Å². The third-order valence-electron chi connectivity index (χ3n) is 4.22. The summed E-state index contributed by atoms with van der Waals surface area (Å²) >= 11 is 1.56. The Morgan fingerprint density at radius 2 is 1.90 bits per heavy atom. The van der Waals surface area contributed by atoms with Crippen LogP contribution in [0.15, 0.2) is 72.0 Å². The number of imidazole rings is 1. The first-order valence-corrected chi connectivity index (χ1v) is 10.1. The maximum Gasteiger partial charge on any atom is 0.326 e. The zero-order chi connectivity index (χ0) is 21.8. The normalized spacial score (nSPS) is 11.1. The van der Waals surface area contributed by atoms with Gasteiger partial charge in [-0.3, -0.25) is 5.32 Å². The number of halogens is 2. The van der Waals surface area contributed by atoms with Crippen LogP contribution in [0.5, 0.6) is 0 Å². The number of carbonyl (C=O) groups excluding carboxylic acids is 1. The molecule has 0 saturated carbocycles. The van der Waals surface area contributed by atoms with E-state index in [0.29, 0.717) is 11.8 Å². The minimum Gasteiger partial charge on any atom is -0.305 e. The van der Waals surface area contributed by atoms with Gasteiger partial charge in [-0.15, -0.1) is 11.3 Å². The summed E-state index contributed by atoms with van der Waals surface area (Å²) < 4.78 is 28.3. The van der Waals surface area contributed by atoms with Crippen LogP contribution >= 0.6 is 11.3 Å². The molecule has 156 valence electrons. The first kappa shape index (κ1) is 20.4. The lowest BCUT2D eigenvalue weighted by molar-refractivity contribution is 0.262. The molecule has 31 heavy (non-hydrogen) atoms. The number of carbonyl (C=O) groups is 1. The summed E-state index contributed by atoms with van der Waals surface area (Å²) in [5.74, 6) is -1.46. The van der Waals surface area contributed by atoms with Gasteiger partial charge in [0.15, 0.2) is 0 Å². The summed E-state index contributed by atoms with van der Waals surface area (Å²) in [6.45, 7) is 1.99. The quantitative estimate of drug-likeness (QED) is 0.392. The second kappa shape index (κ2) is 8.88. The van der Waals surface area contributed by atoms with E-state index in [0.717, 1.165) is 27.5 Å². The van der Waals surface area contributed by atoms with Gasteiger partial charge in [-0.1, -0.05) is 30.3 Å². The number of rotatable bonds is 5. The fourth-order valence-electron chi connectivity index (χ4n) is 2.75. The third-order valence-corrected chi connectivity index (χ3v) is 5.24. The van der Waals surface area contributed by atoms with Crippen molar-refractivity contribution in [2.24, 2.45) is 5.10 Å². The van der Waals surface area contributed by atoms with Crippen molar-refractivity contribution >= 4 is 35.2 Å². The monoisotopic (exact) mass is 437 g/mol. The molecule has 4 aromatic rings. The van der Waals surface area contributed by atoms with Crippen molar-refractivity contribution in [2.75, 3.05) is 10.6 Å². The number of anilines is 2. The molecule has 4 rings (SSSR count). The Morgan fingerprint density at radius 1 is 1.10 bits per heavy atom. The summed E-state index contributed by atoms with van der Waals surface area (Å²) in [5.41, 5.74) is 1.35. The van der Waals surface area contributed by atoms with Crippen LogP contribution in [-0.2, 0) is 0 Å². The molecule has 2 amide bonds. The summed E-state index contributed by atoms with van der Waals surface area (Å²) in [7, 11) is 0. The first-order valence-electron chi connectivity index (χ1n) is 9.26. The number of urea groups is 1. The maximum atomic E-state index is 13.8. The van der Waals surface area contributed by atoms with Gasteiger partial charge in [-0.05, 0) is 36.8 Å². The van der Waals surface area contributed by atoms with E-state index in [1.807, 2.05) is 49.4 Å². The van der Waals surface area contributed by atoms with Crippen LogP contribution < -0.4 is 10.6 Å². The fourth-order valence-corrected chi connectivity index (χ4v) is 3.57. The number of nitrogens with zero attached hydrogens (tertiary/aromatic N) is 3. The van der Waals surface area contributed by atoms with Crippen LogP contribution in [0.4, 0.5) is 25.2 Å². The summed E-state index contributed by atoms with van der Waals surface area (Å²) in [6.07, 6.45) is 3.33. The van der Waals surface area contributed by atoms with Gasteiger partial charge in [0, 0.05) is 10.9 Å². The van der Waals surface area contributed by atoms with Crippen molar-refractivity contribution in [3.05, 3.63) is 88.9 Å². The van der Waals surface area contributed by atoms with Crippen molar-refractivity contribution in [1.82, 2.24) is 9.66 Å². The molecule has 0 bridgehead atoms. The Balaban J connectivity index is 1.60. The van der Waals surface area contributed by atoms with Crippen molar-refractivity contribution < 1.29 is 13.6 Å². The molecule has 2 heterocycles. The summed E-state index contributed by atoms with van der Waals surface area (Å²) in [6, 6.07) is 15.5. The summed E-state index contributed by atoms with van der Waals surface area (Å²) in [5, 5.41) is 9.30. The van der Waals surface area contributed by atoms with Gasteiger partial charge in [0.1, 0.15) is 17.3 Å². The predicted molar refractivity (Wildman–Crippen MR) is 119 cm³/mol. The van der Waals surface area contributed by atoms with Crippen molar-refractivity contribution in [3.8, 4) is 10.6 Å². The molecule has 0 aliphatic rings. The molecule has 2 aromatic heterocycles. The number of aromatic nitrogens is 2. The van der Waals surface area contributed by atoms with E-state index < -0.39 is 17.7 Å². The Hall–Kier alpha value is -3.85. The van der Waals surface area contributed by atoms with E-state index in [1.54, 1.807) is 23.7 Å². The Labute approximate surface area is 180 Å². The SMILES string of the molecule is Cc1ccc(-c2cn(/N=C/c3ccccc3)c(NC(=O)Nc3ccc(F)cc3F)n2)s1. The molecule has 2 aromatic carbocycles. The molecule has 0 saturated heterocycles. The van der Waals surface area contributed by atoms with Gasteiger partial charge < -0.3 is 5.32 Å². The van der Waals surface area contributed by atoms with Gasteiger partial charge in [0.2, 0.25) is 5.95 Å². The highest BCUT2D eigenvalue weighted by Crippen LogP contribution is 2.28. The largest absolute Gasteiger partial charge is 0.326 e. The lowest BCUT2D eigenvalue weighted by Crippen LogP contribution is -2.22. The number of hydrogen-bond acceptors (Lipinski definition) is 4. The van der Waals surface area contributed by atoms with Crippen LogP contribution in [0.2, 0.25) is 0 Å². The van der Waals surface area contributed by atoms with Crippen LogP contribution in [0.25, 0.3) is 10.6 Å². The minimum absolute atomic E-state index is 0.147. The molecular weight excluding hydrogens is 420 g/mol. The first-order chi connectivity index (χ1) is 15.0. The Bertz CT molecular complexity index is 1250. The van der Waals surface area contributed by atoms with E-state index >= 15 is 0 Å². The molecule has 0 aliphatic carbocycles. The third kappa shape index (κ3) is 5.01. The molecule has 6 nitrogen and oxygen atoms in total. The van der Waals surface area contributed by atoms with Gasteiger partial charge in [-0.25, -0.2) is 23.2 Å². The highest BCUT2D eigenvalue weighted by atomic mass is 32.1. The number of benzene rings is 2. The van der Waals surface area contributed by atoms with E-state index in [9.17, 15) is 13.6 Å².